The number of pyridine rings is 1. The average molecular weight is 395 g/mol. The number of piperidine rings is 1. The standard InChI is InChI=1S/C23H30N4O2/c1-16(24)21-18(25)9-6-10-19(21)29-15-17-8-7-13-27(14-17)22(28)23(2,3)20-11-4-5-12-26-20/h4-6,9-12,17H,1,7-8,13-15,24-25H2,2-3H3/t17-/m0/s1. The second-order valence-corrected chi connectivity index (χ2v) is 8.16. The number of rotatable bonds is 6. The van der Waals surface area contributed by atoms with Crippen molar-refractivity contribution in [1.82, 2.24) is 9.88 Å². The molecule has 0 radical (unpaired) electrons. The molecule has 2 aromatic rings. The molecule has 1 fully saturated rings. The molecule has 1 aliphatic rings. The summed E-state index contributed by atoms with van der Waals surface area (Å²) in [5.41, 5.74) is 13.6. The van der Waals surface area contributed by atoms with Crippen molar-refractivity contribution in [2.75, 3.05) is 25.4 Å². The van der Waals surface area contributed by atoms with E-state index >= 15 is 0 Å². The van der Waals surface area contributed by atoms with Gasteiger partial charge in [0.2, 0.25) is 5.91 Å². The normalized spacial score (nSPS) is 17.0. The van der Waals surface area contributed by atoms with Gasteiger partial charge in [0.15, 0.2) is 0 Å². The highest BCUT2D eigenvalue weighted by Crippen LogP contribution is 2.30. The van der Waals surface area contributed by atoms with E-state index in [1.54, 1.807) is 12.3 Å². The molecule has 4 N–H and O–H groups in total. The number of anilines is 1. The molecule has 6 nitrogen and oxygen atoms in total. The van der Waals surface area contributed by atoms with Crippen molar-refractivity contribution in [3.63, 3.8) is 0 Å². The van der Waals surface area contributed by atoms with Crippen LogP contribution in [0.25, 0.3) is 5.70 Å². The van der Waals surface area contributed by atoms with Crippen LogP contribution < -0.4 is 16.2 Å². The molecule has 1 atom stereocenters. The minimum Gasteiger partial charge on any atom is -0.492 e. The summed E-state index contributed by atoms with van der Waals surface area (Å²) in [5.74, 6) is 0.975. The smallest absolute Gasteiger partial charge is 0.234 e. The molecule has 1 aliphatic heterocycles. The molecular weight excluding hydrogens is 364 g/mol. The molecule has 0 unspecified atom stereocenters. The number of carbonyl (C=O) groups is 1. The number of carbonyl (C=O) groups excluding carboxylic acids is 1. The van der Waals surface area contributed by atoms with Crippen LogP contribution in [0.4, 0.5) is 5.69 Å². The van der Waals surface area contributed by atoms with Gasteiger partial charge in [-0.2, -0.15) is 0 Å². The molecular formula is C23H30N4O2. The first-order valence-corrected chi connectivity index (χ1v) is 9.97. The maximum absolute atomic E-state index is 13.2. The third-order valence-corrected chi connectivity index (χ3v) is 5.50. The average Bonchev–Trinajstić information content (AvgIpc) is 2.72. The lowest BCUT2D eigenvalue weighted by Crippen LogP contribution is -2.49. The number of nitrogen functional groups attached to an aromatic ring is 1. The molecule has 2 heterocycles. The summed E-state index contributed by atoms with van der Waals surface area (Å²) < 4.78 is 6.05. The van der Waals surface area contributed by atoms with Gasteiger partial charge in [-0.1, -0.05) is 18.7 Å². The predicted octanol–water partition coefficient (Wildman–Crippen LogP) is 3.19. The zero-order valence-electron chi connectivity index (χ0n) is 17.2. The van der Waals surface area contributed by atoms with Crippen molar-refractivity contribution in [2.24, 2.45) is 11.7 Å². The maximum atomic E-state index is 13.2. The molecule has 0 saturated carbocycles. The van der Waals surface area contributed by atoms with Crippen molar-refractivity contribution in [3.05, 3.63) is 60.4 Å². The number of hydrogen-bond donors (Lipinski definition) is 2. The van der Waals surface area contributed by atoms with Crippen LogP contribution in [0.1, 0.15) is 37.9 Å². The van der Waals surface area contributed by atoms with Gasteiger partial charge in [0, 0.05) is 36.6 Å². The third kappa shape index (κ3) is 4.53. The summed E-state index contributed by atoms with van der Waals surface area (Å²) >= 11 is 0. The molecule has 154 valence electrons. The summed E-state index contributed by atoms with van der Waals surface area (Å²) in [6.45, 7) is 9.58. The molecule has 1 amide bonds. The molecule has 3 rings (SSSR count). The Morgan fingerprint density at radius 1 is 1.31 bits per heavy atom. The van der Waals surface area contributed by atoms with Crippen LogP contribution in [0.3, 0.4) is 0 Å². The predicted molar refractivity (Wildman–Crippen MR) is 116 cm³/mol. The van der Waals surface area contributed by atoms with Gasteiger partial charge in [-0.05, 0) is 51.0 Å². The largest absolute Gasteiger partial charge is 0.492 e. The van der Waals surface area contributed by atoms with E-state index in [1.807, 2.05) is 49.1 Å². The van der Waals surface area contributed by atoms with Crippen molar-refractivity contribution >= 4 is 17.3 Å². The fourth-order valence-electron chi connectivity index (χ4n) is 3.84. The summed E-state index contributed by atoms with van der Waals surface area (Å²) in [7, 11) is 0. The molecule has 29 heavy (non-hydrogen) atoms. The molecule has 6 heteroatoms. The highest BCUT2D eigenvalue weighted by Gasteiger charge is 2.37. The van der Waals surface area contributed by atoms with E-state index in [0.717, 1.165) is 25.1 Å². The Kier molecular flexibility index (Phi) is 6.11. The van der Waals surface area contributed by atoms with Gasteiger partial charge in [-0.3, -0.25) is 9.78 Å². The topological polar surface area (TPSA) is 94.5 Å². The first-order valence-electron chi connectivity index (χ1n) is 9.97. The minimum atomic E-state index is -0.664. The van der Waals surface area contributed by atoms with E-state index in [9.17, 15) is 4.79 Å². The van der Waals surface area contributed by atoms with Crippen molar-refractivity contribution in [1.29, 1.82) is 0 Å². The highest BCUT2D eigenvalue weighted by atomic mass is 16.5. The second-order valence-electron chi connectivity index (χ2n) is 8.16. The van der Waals surface area contributed by atoms with Crippen molar-refractivity contribution in [2.45, 2.75) is 32.1 Å². The van der Waals surface area contributed by atoms with Crippen LogP contribution in [-0.4, -0.2) is 35.5 Å². The summed E-state index contributed by atoms with van der Waals surface area (Å²) in [6.07, 6.45) is 3.69. The summed E-state index contributed by atoms with van der Waals surface area (Å²) in [5, 5.41) is 0. The first kappa shape index (κ1) is 20.7. The Bertz CT molecular complexity index is 880. The number of nitrogens with two attached hydrogens (primary N) is 2. The number of benzene rings is 1. The van der Waals surface area contributed by atoms with Crippen LogP contribution in [0.5, 0.6) is 5.75 Å². The van der Waals surface area contributed by atoms with Crippen LogP contribution in [-0.2, 0) is 10.2 Å². The lowest BCUT2D eigenvalue weighted by atomic mass is 9.85. The Morgan fingerprint density at radius 3 is 2.79 bits per heavy atom. The fourth-order valence-corrected chi connectivity index (χ4v) is 3.84. The SMILES string of the molecule is C=C(N)c1c(N)cccc1OC[C@H]1CCCN(C(=O)C(C)(C)c2ccccn2)C1. The van der Waals surface area contributed by atoms with Crippen LogP contribution in [0, 0.1) is 5.92 Å². The van der Waals surface area contributed by atoms with Gasteiger partial charge in [-0.15, -0.1) is 0 Å². The number of amides is 1. The number of nitrogens with zero attached hydrogens (tertiary/aromatic N) is 2. The monoisotopic (exact) mass is 394 g/mol. The molecule has 1 saturated heterocycles. The quantitative estimate of drug-likeness (QED) is 0.734. The van der Waals surface area contributed by atoms with Crippen LogP contribution in [0.15, 0.2) is 49.2 Å². The highest BCUT2D eigenvalue weighted by molar-refractivity contribution is 5.87. The molecule has 1 aromatic heterocycles. The van der Waals surface area contributed by atoms with E-state index < -0.39 is 5.41 Å². The first-order chi connectivity index (χ1) is 13.8. The summed E-state index contributed by atoms with van der Waals surface area (Å²) in [6, 6.07) is 11.1. The third-order valence-electron chi connectivity index (χ3n) is 5.50. The van der Waals surface area contributed by atoms with Gasteiger partial charge in [0.25, 0.3) is 0 Å². The Balaban J connectivity index is 1.67. The minimum absolute atomic E-state index is 0.0980. The molecule has 0 spiro atoms. The van der Waals surface area contributed by atoms with Crippen molar-refractivity contribution < 1.29 is 9.53 Å². The van der Waals surface area contributed by atoms with Gasteiger partial charge in [-0.25, -0.2) is 0 Å². The van der Waals surface area contributed by atoms with Crippen LogP contribution in [0.2, 0.25) is 0 Å². The number of ether oxygens (including phenoxy) is 1. The van der Waals surface area contributed by atoms with E-state index in [1.165, 1.54) is 0 Å². The second kappa shape index (κ2) is 8.55. The van der Waals surface area contributed by atoms with Gasteiger partial charge >= 0.3 is 0 Å². The van der Waals surface area contributed by atoms with Crippen LogP contribution >= 0.6 is 0 Å². The maximum Gasteiger partial charge on any atom is 0.234 e. The number of hydrogen-bond acceptors (Lipinski definition) is 5. The van der Waals surface area contributed by atoms with E-state index in [0.29, 0.717) is 35.8 Å². The molecule has 1 aromatic carbocycles. The Hall–Kier alpha value is -3.02. The Labute approximate surface area is 172 Å². The zero-order chi connectivity index (χ0) is 21.0. The van der Waals surface area contributed by atoms with E-state index in [4.69, 9.17) is 16.2 Å². The number of aromatic nitrogens is 1. The molecule has 0 aliphatic carbocycles. The number of likely N-dealkylation sites (tertiary alicyclic amines) is 1. The zero-order valence-corrected chi connectivity index (χ0v) is 17.2. The fraction of sp³-hybridized carbons (Fsp3) is 0.391. The van der Waals surface area contributed by atoms with Gasteiger partial charge < -0.3 is 21.1 Å². The lowest BCUT2D eigenvalue weighted by Gasteiger charge is -2.37. The lowest BCUT2D eigenvalue weighted by molar-refractivity contribution is -0.138. The van der Waals surface area contributed by atoms with E-state index in [-0.39, 0.29) is 11.8 Å². The van der Waals surface area contributed by atoms with Crippen molar-refractivity contribution in [3.8, 4) is 5.75 Å². The Morgan fingerprint density at radius 2 is 2.10 bits per heavy atom. The van der Waals surface area contributed by atoms with Gasteiger partial charge in [0.05, 0.1) is 23.3 Å². The summed E-state index contributed by atoms with van der Waals surface area (Å²) in [4.78, 5) is 19.6. The van der Waals surface area contributed by atoms with E-state index in [2.05, 4.69) is 11.6 Å². The molecule has 0 bridgehead atoms. The van der Waals surface area contributed by atoms with Gasteiger partial charge in [0.1, 0.15) is 5.75 Å².